The summed E-state index contributed by atoms with van der Waals surface area (Å²) in [5.41, 5.74) is 1.88. The van der Waals surface area contributed by atoms with Crippen molar-refractivity contribution in [3.05, 3.63) is 28.2 Å². The van der Waals surface area contributed by atoms with Gasteiger partial charge in [0.25, 0.3) is 5.91 Å². The number of carbonyl (C=O) groups is 1. The lowest BCUT2D eigenvalue weighted by Gasteiger charge is -2.22. The third kappa shape index (κ3) is 3.28. The van der Waals surface area contributed by atoms with E-state index in [1.165, 1.54) is 0 Å². The van der Waals surface area contributed by atoms with Crippen LogP contribution in [0.3, 0.4) is 0 Å². The largest absolute Gasteiger partial charge is 0.376 e. The van der Waals surface area contributed by atoms with Crippen LogP contribution < -0.4 is 5.32 Å². The van der Waals surface area contributed by atoms with Crippen molar-refractivity contribution in [2.75, 3.05) is 25.1 Å². The Morgan fingerprint density at radius 1 is 1.47 bits per heavy atom. The van der Waals surface area contributed by atoms with Gasteiger partial charge in [-0.1, -0.05) is 6.07 Å². The van der Waals surface area contributed by atoms with Gasteiger partial charge in [-0.2, -0.15) is 0 Å². The van der Waals surface area contributed by atoms with Crippen LogP contribution in [-0.2, 0) is 14.3 Å². The average molecular weight is 300 g/mol. The number of halogens is 1. The Balaban J connectivity index is 2.02. The molecule has 1 fully saturated rings. The van der Waals surface area contributed by atoms with E-state index in [0.29, 0.717) is 19.8 Å². The van der Waals surface area contributed by atoms with E-state index in [1.54, 1.807) is 0 Å². The fourth-order valence-corrected chi connectivity index (χ4v) is 2.17. The van der Waals surface area contributed by atoms with Crippen molar-refractivity contribution in [2.24, 2.45) is 0 Å². The molecule has 0 aliphatic carbocycles. The Morgan fingerprint density at radius 2 is 2.29 bits per heavy atom. The van der Waals surface area contributed by atoms with Crippen molar-refractivity contribution in [1.82, 2.24) is 0 Å². The lowest BCUT2D eigenvalue weighted by atomic mass is 10.2. The van der Waals surface area contributed by atoms with Gasteiger partial charge in [-0.15, -0.1) is 0 Å². The number of aryl methyl sites for hydroxylation is 1. The number of anilines is 1. The Morgan fingerprint density at radius 3 is 2.94 bits per heavy atom. The van der Waals surface area contributed by atoms with Crippen LogP contribution in [0.5, 0.6) is 0 Å². The van der Waals surface area contributed by atoms with E-state index in [9.17, 15) is 4.79 Å². The minimum atomic E-state index is -0.517. The Bertz CT molecular complexity index is 416. The Labute approximate surface area is 108 Å². The summed E-state index contributed by atoms with van der Waals surface area (Å²) in [6, 6.07) is 5.76. The molecule has 1 aromatic carbocycles. The number of hydrogen-bond acceptors (Lipinski definition) is 3. The molecule has 1 atom stereocenters. The van der Waals surface area contributed by atoms with E-state index in [0.717, 1.165) is 15.7 Å². The second kappa shape index (κ2) is 5.62. The van der Waals surface area contributed by atoms with Crippen LogP contribution in [0.4, 0.5) is 5.69 Å². The van der Waals surface area contributed by atoms with E-state index in [-0.39, 0.29) is 5.91 Å². The minimum Gasteiger partial charge on any atom is -0.376 e. The fourth-order valence-electron chi connectivity index (χ4n) is 1.57. The van der Waals surface area contributed by atoms with E-state index in [4.69, 9.17) is 9.47 Å². The van der Waals surface area contributed by atoms with Crippen molar-refractivity contribution in [3.8, 4) is 0 Å². The quantitative estimate of drug-likeness (QED) is 0.910. The molecule has 1 N–H and O–H groups in total. The van der Waals surface area contributed by atoms with Gasteiger partial charge >= 0.3 is 0 Å². The van der Waals surface area contributed by atoms with Gasteiger partial charge in [0.05, 0.1) is 25.5 Å². The van der Waals surface area contributed by atoms with Crippen LogP contribution in [0, 0.1) is 6.92 Å². The monoisotopic (exact) mass is 299 g/mol. The van der Waals surface area contributed by atoms with Crippen molar-refractivity contribution in [1.29, 1.82) is 0 Å². The third-order valence-corrected chi connectivity index (χ3v) is 3.15. The second-order valence-electron chi connectivity index (χ2n) is 3.91. The van der Waals surface area contributed by atoms with Crippen LogP contribution in [0.25, 0.3) is 0 Å². The van der Waals surface area contributed by atoms with Gasteiger partial charge in [-0.05, 0) is 40.5 Å². The van der Waals surface area contributed by atoms with Crippen LogP contribution in [0.1, 0.15) is 5.56 Å². The molecule has 1 aromatic rings. The van der Waals surface area contributed by atoms with Gasteiger partial charge in [0.1, 0.15) is 0 Å². The molecule has 0 aromatic heterocycles. The highest BCUT2D eigenvalue weighted by Crippen LogP contribution is 2.23. The highest BCUT2D eigenvalue weighted by Gasteiger charge is 2.23. The molecule has 1 amide bonds. The van der Waals surface area contributed by atoms with Crippen LogP contribution in [-0.4, -0.2) is 31.8 Å². The topological polar surface area (TPSA) is 47.6 Å². The van der Waals surface area contributed by atoms with Gasteiger partial charge < -0.3 is 14.8 Å². The average Bonchev–Trinajstić information content (AvgIpc) is 2.34. The summed E-state index contributed by atoms with van der Waals surface area (Å²) >= 11 is 3.41. The number of benzene rings is 1. The van der Waals surface area contributed by atoms with Crippen LogP contribution in [0.2, 0.25) is 0 Å². The summed E-state index contributed by atoms with van der Waals surface area (Å²) in [7, 11) is 0. The van der Waals surface area contributed by atoms with Crippen LogP contribution in [0.15, 0.2) is 22.7 Å². The van der Waals surface area contributed by atoms with Crippen molar-refractivity contribution >= 4 is 27.5 Å². The van der Waals surface area contributed by atoms with Crippen LogP contribution >= 0.6 is 15.9 Å². The molecule has 1 saturated heterocycles. The lowest BCUT2D eigenvalue weighted by Crippen LogP contribution is -2.39. The van der Waals surface area contributed by atoms with Crippen molar-refractivity contribution < 1.29 is 14.3 Å². The first kappa shape index (κ1) is 12.5. The molecule has 1 unspecified atom stereocenters. The number of ether oxygens (including phenoxy) is 2. The number of carbonyl (C=O) groups excluding carboxylic acids is 1. The maximum atomic E-state index is 11.9. The first-order valence-corrected chi connectivity index (χ1v) is 6.22. The second-order valence-corrected chi connectivity index (χ2v) is 4.76. The molecular formula is C12H14BrNO3. The van der Waals surface area contributed by atoms with Gasteiger partial charge in [-0.25, -0.2) is 0 Å². The first-order chi connectivity index (χ1) is 8.16. The van der Waals surface area contributed by atoms with Gasteiger partial charge in [0.15, 0.2) is 6.10 Å². The van der Waals surface area contributed by atoms with Gasteiger partial charge in [0, 0.05) is 4.47 Å². The van der Waals surface area contributed by atoms with E-state index in [1.807, 2.05) is 25.1 Å². The summed E-state index contributed by atoms with van der Waals surface area (Å²) in [5.74, 6) is -0.172. The zero-order valence-electron chi connectivity index (χ0n) is 9.53. The summed E-state index contributed by atoms with van der Waals surface area (Å²) < 4.78 is 11.4. The summed E-state index contributed by atoms with van der Waals surface area (Å²) in [6.07, 6.45) is -0.517. The summed E-state index contributed by atoms with van der Waals surface area (Å²) in [5, 5.41) is 2.82. The molecule has 2 rings (SSSR count). The standard InChI is InChI=1S/C12H14BrNO3/c1-8-2-3-10(9(13)6-8)14-12(15)11-7-16-4-5-17-11/h2-3,6,11H,4-5,7H2,1H3,(H,14,15). The predicted molar refractivity (Wildman–Crippen MR) is 68.1 cm³/mol. The normalized spacial score (nSPS) is 20.0. The highest BCUT2D eigenvalue weighted by molar-refractivity contribution is 9.10. The van der Waals surface area contributed by atoms with Crippen molar-refractivity contribution in [3.63, 3.8) is 0 Å². The molecule has 0 bridgehead atoms. The van der Waals surface area contributed by atoms with E-state index in [2.05, 4.69) is 21.2 Å². The lowest BCUT2D eigenvalue weighted by molar-refractivity contribution is -0.142. The number of rotatable bonds is 2. The van der Waals surface area contributed by atoms with Gasteiger partial charge in [-0.3, -0.25) is 4.79 Å². The molecule has 1 aliphatic rings. The smallest absolute Gasteiger partial charge is 0.255 e. The molecule has 0 spiro atoms. The summed E-state index contributed by atoms with van der Waals surface area (Å²) in [6.45, 7) is 3.33. The molecular weight excluding hydrogens is 286 g/mol. The molecule has 17 heavy (non-hydrogen) atoms. The molecule has 4 nitrogen and oxygen atoms in total. The Hall–Kier alpha value is -0.910. The highest BCUT2D eigenvalue weighted by atomic mass is 79.9. The number of amides is 1. The molecule has 0 radical (unpaired) electrons. The van der Waals surface area contributed by atoms with Crippen molar-refractivity contribution in [2.45, 2.75) is 13.0 Å². The minimum absolute atomic E-state index is 0.172. The maximum Gasteiger partial charge on any atom is 0.255 e. The SMILES string of the molecule is Cc1ccc(NC(=O)C2COCCO2)c(Br)c1. The fraction of sp³-hybridized carbons (Fsp3) is 0.417. The molecule has 92 valence electrons. The molecule has 5 heteroatoms. The zero-order valence-corrected chi connectivity index (χ0v) is 11.1. The zero-order chi connectivity index (χ0) is 12.3. The molecule has 1 heterocycles. The number of nitrogens with one attached hydrogen (secondary N) is 1. The summed E-state index contributed by atoms with van der Waals surface area (Å²) in [4.78, 5) is 11.9. The Kier molecular flexibility index (Phi) is 4.15. The maximum absolute atomic E-state index is 11.9. The first-order valence-electron chi connectivity index (χ1n) is 5.43. The van der Waals surface area contributed by atoms with E-state index >= 15 is 0 Å². The molecule has 0 saturated carbocycles. The third-order valence-electron chi connectivity index (χ3n) is 2.49. The predicted octanol–water partition coefficient (Wildman–Crippen LogP) is 2.11. The molecule has 1 aliphatic heterocycles. The van der Waals surface area contributed by atoms with E-state index < -0.39 is 6.10 Å². The number of hydrogen-bond donors (Lipinski definition) is 1. The van der Waals surface area contributed by atoms with Gasteiger partial charge in [0.2, 0.25) is 0 Å².